The largest absolute Gasteiger partial charge is 0.481 e. The molecule has 0 aliphatic heterocycles. The van der Waals surface area contributed by atoms with Crippen molar-refractivity contribution < 1.29 is 18.8 Å². The third-order valence-electron chi connectivity index (χ3n) is 2.57. The molecule has 0 unspecified atom stereocenters. The van der Waals surface area contributed by atoms with Crippen LogP contribution in [-0.2, 0) is 16.1 Å². The van der Waals surface area contributed by atoms with E-state index in [4.69, 9.17) is 20.9 Å². The number of carbonyl (C=O) groups is 1. The lowest BCUT2D eigenvalue weighted by Gasteiger charge is -2.06. The van der Waals surface area contributed by atoms with E-state index in [9.17, 15) is 4.79 Å². The predicted octanol–water partition coefficient (Wildman–Crippen LogP) is 0.455. The number of hydrogen-bond donors (Lipinski definition) is 2. The van der Waals surface area contributed by atoms with Gasteiger partial charge in [-0.2, -0.15) is 0 Å². The van der Waals surface area contributed by atoms with Crippen molar-refractivity contribution in [2.45, 2.75) is 26.3 Å². The average molecular weight is 280 g/mol. The van der Waals surface area contributed by atoms with E-state index in [1.807, 2.05) is 29.1 Å². The molecule has 0 spiro atoms. The lowest BCUT2D eigenvalue weighted by molar-refractivity contribution is -0.697. The van der Waals surface area contributed by atoms with Crippen molar-refractivity contribution in [1.82, 2.24) is 0 Å². The molecule has 110 valence electrons. The molecule has 0 saturated carbocycles. The number of carbonyl (C=O) groups excluding carboxylic acids is 1. The zero-order chi connectivity index (χ0) is 14.8. The molecule has 0 bridgehead atoms. The maximum Gasteiger partial charge on any atom is 0.344 e. The van der Waals surface area contributed by atoms with Crippen molar-refractivity contribution in [2.24, 2.45) is 11.5 Å². The van der Waals surface area contributed by atoms with E-state index in [0.29, 0.717) is 17.9 Å². The van der Waals surface area contributed by atoms with Crippen molar-refractivity contribution in [3.8, 4) is 5.75 Å². The number of ether oxygens (including phenoxy) is 2. The summed E-state index contributed by atoms with van der Waals surface area (Å²) in [6, 6.07) is 3.64. The summed E-state index contributed by atoms with van der Waals surface area (Å²) in [5.74, 6) is 0.204. The number of aromatic nitrogens is 1. The van der Waals surface area contributed by atoms with Crippen LogP contribution in [0.25, 0.3) is 0 Å². The first kappa shape index (κ1) is 15.8. The normalized spacial score (nSPS) is 11.2. The second-order valence-corrected chi connectivity index (χ2v) is 4.27. The monoisotopic (exact) mass is 280 g/mol. The third-order valence-corrected chi connectivity index (χ3v) is 2.57. The highest BCUT2D eigenvalue weighted by atomic mass is 16.6. The Hall–Kier alpha value is -2.24. The van der Waals surface area contributed by atoms with Gasteiger partial charge in [-0.3, -0.25) is 0 Å². The predicted molar refractivity (Wildman–Crippen MR) is 74.5 cm³/mol. The molecule has 4 N–H and O–H groups in total. The first-order valence-corrected chi connectivity index (χ1v) is 6.59. The second-order valence-electron chi connectivity index (χ2n) is 4.27. The summed E-state index contributed by atoms with van der Waals surface area (Å²) in [5.41, 5.74) is 11.2. The standard InChI is InChI=1S/C14H22N3O3/c1-2-6-17-7-3-13(4-8-17)20-11-14(18)19-9-5-12(16)10-15/h3-4,7-8,10H,2,5-6,9,11,15-16H2,1H3/q+1/b12-10-. The van der Waals surface area contributed by atoms with Gasteiger partial charge in [0.25, 0.3) is 0 Å². The van der Waals surface area contributed by atoms with Crippen molar-refractivity contribution >= 4 is 5.97 Å². The maximum atomic E-state index is 11.4. The van der Waals surface area contributed by atoms with E-state index in [2.05, 4.69) is 6.92 Å². The number of nitrogens with zero attached hydrogens (tertiary/aromatic N) is 1. The van der Waals surface area contributed by atoms with Gasteiger partial charge in [0.2, 0.25) is 0 Å². The Balaban J connectivity index is 2.26. The number of nitrogens with two attached hydrogens (primary N) is 2. The number of pyridine rings is 1. The van der Waals surface area contributed by atoms with Crippen LogP contribution in [0.3, 0.4) is 0 Å². The van der Waals surface area contributed by atoms with Gasteiger partial charge >= 0.3 is 5.97 Å². The molecule has 0 aliphatic rings. The van der Waals surface area contributed by atoms with Gasteiger partial charge in [0, 0.05) is 36.9 Å². The van der Waals surface area contributed by atoms with Crippen LogP contribution in [0.5, 0.6) is 5.75 Å². The summed E-state index contributed by atoms with van der Waals surface area (Å²) in [7, 11) is 0. The quantitative estimate of drug-likeness (QED) is 0.533. The molecule has 0 amide bonds. The number of rotatable bonds is 8. The summed E-state index contributed by atoms with van der Waals surface area (Å²) >= 11 is 0. The fourth-order valence-corrected chi connectivity index (χ4v) is 1.50. The van der Waals surface area contributed by atoms with Gasteiger partial charge in [0.1, 0.15) is 12.3 Å². The fraction of sp³-hybridized carbons (Fsp3) is 0.429. The second kappa shape index (κ2) is 8.79. The van der Waals surface area contributed by atoms with Crippen LogP contribution in [0.1, 0.15) is 19.8 Å². The van der Waals surface area contributed by atoms with E-state index in [0.717, 1.165) is 13.0 Å². The lowest BCUT2D eigenvalue weighted by atomic mass is 10.3. The molecule has 20 heavy (non-hydrogen) atoms. The van der Waals surface area contributed by atoms with E-state index in [1.165, 1.54) is 6.20 Å². The zero-order valence-corrected chi connectivity index (χ0v) is 11.7. The fourth-order valence-electron chi connectivity index (χ4n) is 1.50. The molecule has 1 aromatic rings. The molecule has 0 fully saturated rings. The minimum Gasteiger partial charge on any atom is -0.481 e. The lowest BCUT2D eigenvalue weighted by Crippen LogP contribution is -2.31. The smallest absolute Gasteiger partial charge is 0.344 e. The van der Waals surface area contributed by atoms with Crippen LogP contribution in [-0.4, -0.2) is 19.2 Å². The topological polar surface area (TPSA) is 91.4 Å². The minimum absolute atomic E-state index is 0.121. The first-order chi connectivity index (χ1) is 9.65. The maximum absolute atomic E-state index is 11.4. The first-order valence-electron chi connectivity index (χ1n) is 6.59. The Labute approximate surface area is 119 Å². The van der Waals surface area contributed by atoms with Gasteiger partial charge in [-0.1, -0.05) is 6.92 Å². The highest BCUT2D eigenvalue weighted by molar-refractivity contribution is 5.71. The molecule has 6 heteroatoms. The van der Waals surface area contributed by atoms with Crippen molar-refractivity contribution in [2.75, 3.05) is 13.2 Å². The third kappa shape index (κ3) is 6.08. The Morgan fingerprint density at radius 2 is 2.10 bits per heavy atom. The Kier molecular flexibility index (Phi) is 6.95. The minimum atomic E-state index is -0.430. The van der Waals surface area contributed by atoms with Crippen molar-refractivity contribution in [3.63, 3.8) is 0 Å². The van der Waals surface area contributed by atoms with E-state index >= 15 is 0 Å². The van der Waals surface area contributed by atoms with E-state index < -0.39 is 5.97 Å². The SMILES string of the molecule is CCC[n+]1ccc(OCC(=O)OCC/C(N)=C/N)cc1. The molecule has 0 radical (unpaired) electrons. The van der Waals surface area contributed by atoms with Gasteiger partial charge in [0.05, 0.1) is 6.61 Å². The Morgan fingerprint density at radius 1 is 1.40 bits per heavy atom. The molecule has 0 atom stereocenters. The van der Waals surface area contributed by atoms with Crippen LogP contribution in [0, 0.1) is 0 Å². The van der Waals surface area contributed by atoms with E-state index in [1.54, 1.807) is 0 Å². The van der Waals surface area contributed by atoms with Crippen LogP contribution in [0.2, 0.25) is 0 Å². The van der Waals surface area contributed by atoms with Crippen LogP contribution >= 0.6 is 0 Å². The molecule has 0 aromatic carbocycles. The van der Waals surface area contributed by atoms with Gasteiger partial charge in [-0.25, -0.2) is 9.36 Å². The molecular formula is C14H22N3O3+. The van der Waals surface area contributed by atoms with Crippen LogP contribution in [0.15, 0.2) is 36.4 Å². The Bertz CT molecular complexity index is 443. The molecule has 1 heterocycles. The molecule has 6 nitrogen and oxygen atoms in total. The number of hydrogen-bond acceptors (Lipinski definition) is 5. The number of esters is 1. The highest BCUT2D eigenvalue weighted by Gasteiger charge is 2.06. The highest BCUT2D eigenvalue weighted by Crippen LogP contribution is 2.06. The van der Waals surface area contributed by atoms with E-state index in [-0.39, 0.29) is 13.2 Å². The van der Waals surface area contributed by atoms with Crippen LogP contribution in [0.4, 0.5) is 0 Å². The van der Waals surface area contributed by atoms with Crippen molar-refractivity contribution in [1.29, 1.82) is 0 Å². The summed E-state index contributed by atoms with van der Waals surface area (Å²) in [5, 5.41) is 0. The van der Waals surface area contributed by atoms with Crippen molar-refractivity contribution in [3.05, 3.63) is 36.4 Å². The number of aryl methyl sites for hydroxylation is 1. The summed E-state index contributed by atoms with van der Waals surface area (Å²) in [6.45, 7) is 3.15. The zero-order valence-electron chi connectivity index (χ0n) is 11.7. The van der Waals surface area contributed by atoms with Gasteiger partial charge in [0.15, 0.2) is 19.0 Å². The van der Waals surface area contributed by atoms with Crippen LogP contribution < -0.4 is 20.8 Å². The van der Waals surface area contributed by atoms with Gasteiger partial charge in [-0.05, 0) is 0 Å². The molecule has 1 rings (SSSR count). The molecule has 1 aromatic heterocycles. The summed E-state index contributed by atoms with van der Waals surface area (Å²) in [4.78, 5) is 11.4. The average Bonchev–Trinajstić information content (AvgIpc) is 2.46. The molecular weight excluding hydrogens is 258 g/mol. The summed E-state index contributed by atoms with van der Waals surface area (Å²) in [6.07, 6.45) is 6.61. The van der Waals surface area contributed by atoms with Gasteiger partial charge in [-0.15, -0.1) is 0 Å². The molecule has 0 saturated heterocycles. The molecule has 0 aliphatic carbocycles. The van der Waals surface area contributed by atoms with Gasteiger partial charge < -0.3 is 20.9 Å². The summed E-state index contributed by atoms with van der Waals surface area (Å²) < 4.78 is 12.3. The Morgan fingerprint density at radius 3 is 2.70 bits per heavy atom.